The van der Waals surface area contributed by atoms with Crippen molar-refractivity contribution in [1.82, 2.24) is 15.3 Å². The molecule has 6 aliphatic rings. The highest BCUT2D eigenvalue weighted by atomic mass is 16.8. The van der Waals surface area contributed by atoms with E-state index in [1.54, 1.807) is 12.1 Å². The van der Waals surface area contributed by atoms with Crippen LogP contribution in [0.3, 0.4) is 0 Å². The number of esters is 1. The van der Waals surface area contributed by atoms with Crippen LogP contribution in [-0.2, 0) is 51.1 Å². The molecule has 3 unspecified atom stereocenters. The second-order valence-electron chi connectivity index (χ2n) is 14.1. The van der Waals surface area contributed by atoms with Crippen molar-refractivity contribution in [3.8, 4) is 0 Å². The number of hydroxylamine groups is 2. The zero-order valence-electron chi connectivity index (χ0n) is 27.5. The lowest BCUT2D eigenvalue weighted by Gasteiger charge is -2.50. The molecule has 6 fully saturated rings. The molecule has 2 aromatic rings. The molecule has 2 amide bonds. The number of fused-ring (bicyclic) bond motifs is 5. The van der Waals surface area contributed by atoms with Gasteiger partial charge in [0.2, 0.25) is 11.8 Å². The number of nitrogens with zero attached hydrogens (tertiary/aromatic N) is 2. The molecule has 0 spiro atoms. The minimum atomic E-state index is -1.40. The van der Waals surface area contributed by atoms with Crippen LogP contribution in [0, 0.1) is 11.3 Å². The Morgan fingerprint density at radius 3 is 2.67 bits per heavy atom. The topological polar surface area (TPSA) is 139 Å². The summed E-state index contributed by atoms with van der Waals surface area (Å²) in [7, 11) is 1.60. The smallest absolute Gasteiger partial charge is 0.327 e. The fourth-order valence-electron chi connectivity index (χ4n) is 8.68. The third-order valence-electron chi connectivity index (χ3n) is 11.2. The standard InChI is InChI=1S/C37H43N3O9/c1-39(26(34(42)38-15-16-41)17-22-7-3-2-4-8-22)36(44)37-19-29-30-31(46-21-45-30)33(37)49-40(32(37)35(43)48-29)20-25-10-6-5-9-24(25)13-11-23-12-14-27-28(18-23)47-27/h2-11,13,23,26-33,41H,12,14-21H2,1H3,(H,38,42)/t23?,26-,27?,28?,29-,30+,31+,32+,33-,37+/m1/s1. The van der Waals surface area contributed by atoms with Gasteiger partial charge in [0.15, 0.2) is 6.04 Å². The van der Waals surface area contributed by atoms with Gasteiger partial charge in [-0.3, -0.25) is 19.2 Å². The summed E-state index contributed by atoms with van der Waals surface area (Å²) >= 11 is 0. The van der Waals surface area contributed by atoms with Gasteiger partial charge in [0.05, 0.1) is 25.4 Å². The Morgan fingerprint density at radius 1 is 1.06 bits per heavy atom. The third kappa shape index (κ3) is 5.88. The van der Waals surface area contributed by atoms with Gasteiger partial charge in [-0.15, -0.1) is 0 Å². The molecule has 12 nitrogen and oxygen atoms in total. The summed E-state index contributed by atoms with van der Waals surface area (Å²) in [6, 6.07) is 15.4. The molecule has 2 N–H and O–H groups in total. The van der Waals surface area contributed by atoms with Crippen molar-refractivity contribution in [3.05, 3.63) is 77.4 Å². The number of hydrogen-bond donors (Lipinski definition) is 2. The number of aliphatic hydroxyl groups is 1. The number of benzene rings is 2. The Bertz CT molecular complexity index is 1600. The Kier molecular flexibility index (Phi) is 8.79. The summed E-state index contributed by atoms with van der Waals surface area (Å²) in [5.41, 5.74) is 1.40. The van der Waals surface area contributed by atoms with E-state index in [2.05, 4.69) is 17.5 Å². The van der Waals surface area contributed by atoms with Gasteiger partial charge in [-0.25, -0.2) is 0 Å². The second-order valence-corrected chi connectivity index (χ2v) is 14.1. The molecule has 0 aromatic heterocycles. The van der Waals surface area contributed by atoms with E-state index < -0.39 is 59.7 Å². The van der Waals surface area contributed by atoms with Crippen molar-refractivity contribution in [2.24, 2.45) is 11.3 Å². The monoisotopic (exact) mass is 673 g/mol. The number of hydrogen-bond acceptors (Lipinski definition) is 10. The summed E-state index contributed by atoms with van der Waals surface area (Å²) in [6.07, 6.45) is 6.05. The van der Waals surface area contributed by atoms with Crippen molar-refractivity contribution >= 4 is 23.9 Å². The molecule has 2 saturated carbocycles. The average molecular weight is 674 g/mol. The molecule has 2 aliphatic carbocycles. The molecular formula is C37H43N3O9. The van der Waals surface area contributed by atoms with Crippen LogP contribution in [-0.4, -0.2) is 109 Å². The Balaban J connectivity index is 1.11. The quantitative estimate of drug-likeness (QED) is 0.269. The lowest BCUT2D eigenvalue weighted by molar-refractivity contribution is -0.204. The average Bonchev–Trinajstić information content (AvgIpc) is 3.55. The highest BCUT2D eigenvalue weighted by molar-refractivity contribution is 5.96. The number of allylic oxidation sites excluding steroid dienone is 1. The van der Waals surface area contributed by atoms with Crippen LogP contribution in [0.25, 0.3) is 6.08 Å². The highest BCUT2D eigenvalue weighted by Gasteiger charge is 2.75. The molecule has 0 radical (unpaired) electrons. The molecule has 260 valence electrons. The van der Waals surface area contributed by atoms with Gasteiger partial charge < -0.3 is 34.3 Å². The largest absolute Gasteiger partial charge is 0.458 e. The summed E-state index contributed by atoms with van der Waals surface area (Å²) in [4.78, 5) is 50.8. The molecule has 10 atom stereocenters. The summed E-state index contributed by atoms with van der Waals surface area (Å²) in [6.45, 7) is 0.0300. The van der Waals surface area contributed by atoms with Crippen molar-refractivity contribution in [2.45, 2.75) is 87.4 Å². The number of carbonyl (C=O) groups is 3. The van der Waals surface area contributed by atoms with E-state index in [9.17, 15) is 14.7 Å². The van der Waals surface area contributed by atoms with Crippen LogP contribution in [0.2, 0.25) is 0 Å². The molecule has 4 saturated heterocycles. The SMILES string of the molecule is CN(C(=O)[C@@]12C[C@H]3OC(=O)[C@@H]1N(Cc1ccccc1C=CC1CCC4OC4C1)O[C@@H]2[C@H]1OCO[C@H]13)[C@H](Cc1ccccc1)C(=O)NCCO. The normalized spacial score (nSPS) is 34.9. The predicted octanol–water partition coefficient (Wildman–Crippen LogP) is 1.99. The first-order valence-corrected chi connectivity index (χ1v) is 17.4. The predicted molar refractivity (Wildman–Crippen MR) is 174 cm³/mol. The maximum atomic E-state index is 15.1. The number of aliphatic hydroxyl groups excluding tert-OH is 1. The maximum Gasteiger partial charge on any atom is 0.327 e. The van der Waals surface area contributed by atoms with Crippen LogP contribution in [0.15, 0.2) is 60.7 Å². The number of epoxide rings is 1. The van der Waals surface area contributed by atoms with Crippen molar-refractivity contribution in [3.63, 3.8) is 0 Å². The molecule has 8 rings (SSSR count). The van der Waals surface area contributed by atoms with Crippen LogP contribution < -0.4 is 5.32 Å². The Labute approximate surface area is 285 Å². The van der Waals surface area contributed by atoms with Crippen molar-refractivity contribution < 1.29 is 43.3 Å². The Morgan fingerprint density at radius 2 is 1.86 bits per heavy atom. The molecule has 12 heteroatoms. The number of amides is 2. The lowest BCUT2D eigenvalue weighted by Crippen LogP contribution is -2.70. The minimum Gasteiger partial charge on any atom is -0.458 e. The van der Waals surface area contributed by atoms with Gasteiger partial charge in [0.25, 0.3) is 0 Å². The van der Waals surface area contributed by atoms with E-state index in [0.29, 0.717) is 18.1 Å². The molecule has 4 heterocycles. The number of rotatable bonds is 11. The number of nitrogens with one attached hydrogen (secondary N) is 1. The molecule has 49 heavy (non-hydrogen) atoms. The van der Waals surface area contributed by atoms with E-state index in [-0.39, 0.29) is 39.3 Å². The summed E-state index contributed by atoms with van der Waals surface area (Å²) in [5, 5.41) is 13.8. The van der Waals surface area contributed by atoms with Gasteiger partial charge in [-0.2, -0.15) is 5.06 Å². The third-order valence-corrected chi connectivity index (χ3v) is 11.2. The van der Waals surface area contributed by atoms with Gasteiger partial charge in [0.1, 0.15) is 42.7 Å². The summed E-state index contributed by atoms with van der Waals surface area (Å²) < 4.78 is 23.6. The first-order valence-electron chi connectivity index (χ1n) is 17.4. The number of carbonyl (C=O) groups excluding carboxylic acids is 3. The van der Waals surface area contributed by atoms with Crippen LogP contribution in [0.1, 0.15) is 42.4 Å². The zero-order valence-corrected chi connectivity index (χ0v) is 27.5. The molecule has 2 aromatic carbocycles. The van der Waals surface area contributed by atoms with E-state index >= 15 is 4.79 Å². The Hall–Kier alpha value is -3.65. The van der Waals surface area contributed by atoms with Gasteiger partial charge in [0, 0.05) is 26.4 Å². The first-order chi connectivity index (χ1) is 23.9. The summed E-state index contributed by atoms with van der Waals surface area (Å²) in [5.74, 6) is -0.916. The van der Waals surface area contributed by atoms with Crippen LogP contribution in [0.5, 0.6) is 0 Å². The number of ether oxygens (including phenoxy) is 4. The van der Waals surface area contributed by atoms with Gasteiger partial charge in [-0.05, 0) is 41.9 Å². The lowest BCUT2D eigenvalue weighted by atomic mass is 9.62. The van der Waals surface area contributed by atoms with E-state index in [4.69, 9.17) is 23.8 Å². The highest BCUT2D eigenvalue weighted by Crippen LogP contribution is 2.56. The van der Waals surface area contributed by atoms with Crippen LogP contribution in [0.4, 0.5) is 0 Å². The van der Waals surface area contributed by atoms with E-state index in [0.717, 1.165) is 36.0 Å². The second kappa shape index (κ2) is 13.2. The fraction of sp³-hybridized carbons (Fsp3) is 0.541. The van der Waals surface area contributed by atoms with Gasteiger partial charge in [-0.1, -0.05) is 66.7 Å². The van der Waals surface area contributed by atoms with Crippen LogP contribution >= 0.6 is 0 Å². The molecule has 2 bridgehead atoms. The first kappa shape index (κ1) is 32.5. The van der Waals surface area contributed by atoms with Crippen molar-refractivity contribution in [1.29, 1.82) is 0 Å². The van der Waals surface area contributed by atoms with Crippen molar-refractivity contribution in [2.75, 3.05) is 27.0 Å². The minimum absolute atomic E-state index is 0.00431. The molecular weight excluding hydrogens is 630 g/mol. The van der Waals surface area contributed by atoms with E-state index in [1.807, 2.05) is 54.6 Å². The molecule has 4 aliphatic heterocycles. The number of likely N-dealkylation sites (N-methyl/N-ethyl adjacent to an activating group) is 1. The van der Waals surface area contributed by atoms with E-state index in [1.165, 1.54) is 4.90 Å². The van der Waals surface area contributed by atoms with Gasteiger partial charge >= 0.3 is 5.97 Å². The zero-order chi connectivity index (χ0) is 33.7. The fourth-order valence-corrected chi connectivity index (χ4v) is 8.68. The maximum absolute atomic E-state index is 15.1.